The van der Waals surface area contributed by atoms with E-state index < -0.39 is 0 Å². The first-order chi connectivity index (χ1) is 8.65. The van der Waals surface area contributed by atoms with Crippen molar-refractivity contribution in [2.75, 3.05) is 0 Å². The number of hydrogen-bond donors (Lipinski definition) is 0. The van der Waals surface area contributed by atoms with Crippen LogP contribution in [0.4, 0.5) is 0 Å². The van der Waals surface area contributed by atoms with E-state index in [0.717, 1.165) is 5.69 Å². The summed E-state index contributed by atoms with van der Waals surface area (Å²) < 4.78 is 0. The standard InChI is InChI=1S/C17H19N/c1-4-17(2,3)16(14-10-6-5-7-11-14)15-12-8-9-13-18-15/h4-13,16H,1H2,2-3H3. The molecule has 1 heterocycles. The van der Waals surface area contributed by atoms with Crippen LogP contribution in [0.15, 0.2) is 67.4 Å². The van der Waals surface area contributed by atoms with Crippen molar-refractivity contribution in [2.24, 2.45) is 5.41 Å². The van der Waals surface area contributed by atoms with Crippen LogP contribution in [0.25, 0.3) is 0 Å². The highest BCUT2D eigenvalue weighted by atomic mass is 14.7. The van der Waals surface area contributed by atoms with E-state index in [-0.39, 0.29) is 11.3 Å². The van der Waals surface area contributed by atoms with Crippen molar-refractivity contribution < 1.29 is 0 Å². The van der Waals surface area contributed by atoms with Crippen LogP contribution < -0.4 is 0 Å². The lowest BCUT2D eigenvalue weighted by molar-refractivity contribution is 0.411. The van der Waals surface area contributed by atoms with Crippen molar-refractivity contribution in [3.05, 3.63) is 78.6 Å². The largest absolute Gasteiger partial charge is 0.261 e. The molecule has 0 aliphatic heterocycles. The summed E-state index contributed by atoms with van der Waals surface area (Å²) in [6.45, 7) is 8.38. The Morgan fingerprint density at radius 3 is 2.28 bits per heavy atom. The van der Waals surface area contributed by atoms with Crippen LogP contribution in [0, 0.1) is 5.41 Å². The number of hydrogen-bond acceptors (Lipinski definition) is 1. The number of nitrogens with zero attached hydrogens (tertiary/aromatic N) is 1. The first-order valence-electron chi connectivity index (χ1n) is 6.24. The SMILES string of the molecule is C=CC(C)(C)C(c1ccccc1)c1ccccn1. The van der Waals surface area contributed by atoms with Gasteiger partial charge in [-0.2, -0.15) is 0 Å². The number of allylic oxidation sites excluding steroid dienone is 1. The maximum Gasteiger partial charge on any atom is 0.0486 e. The Hall–Kier alpha value is -1.89. The molecule has 0 amide bonds. The fraction of sp³-hybridized carbons (Fsp3) is 0.235. The number of rotatable bonds is 4. The fourth-order valence-corrected chi connectivity index (χ4v) is 2.29. The second-order valence-corrected chi connectivity index (χ2v) is 5.12. The lowest BCUT2D eigenvalue weighted by Crippen LogP contribution is -2.21. The minimum Gasteiger partial charge on any atom is -0.261 e. The molecule has 92 valence electrons. The molecule has 0 radical (unpaired) electrons. The molecule has 0 bridgehead atoms. The molecule has 0 N–H and O–H groups in total. The average molecular weight is 237 g/mol. The second-order valence-electron chi connectivity index (χ2n) is 5.12. The van der Waals surface area contributed by atoms with Gasteiger partial charge in [0.15, 0.2) is 0 Å². The molecule has 0 spiro atoms. The molecule has 18 heavy (non-hydrogen) atoms. The predicted molar refractivity (Wildman–Crippen MR) is 76.5 cm³/mol. The Kier molecular flexibility index (Phi) is 3.61. The molecule has 1 aromatic heterocycles. The van der Waals surface area contributed by atoms with E-state index in [0.29, 0.717) is 0 Å². The fourth-order valence-electron chi connectivity index (χ4n) is 2.29. The molecule has 0 aliphatic carbocycles. The van der Waals surface area contributed by atoms with Gasteiger partial charge in [0.05, 0.1) is 0 Å². The van der Waals surface area contributed by atoms with Crippen LogP contribution in [-0.4, -0.2) is 4.98 Å². The predicted octanol–water partition coefficient (Wildman–Crippen LogP) is 4.43. The highest BCUT2D eigenvalue weighted by Gasteiger charge is 2.30. The van der Waals surface area contributed by atoms with Crippen molar-refractivity contribution in [3.8, 4) is 0 Å². The number of benzene rings is 1. The van der Waals surface area contributed by atoms with E-state index in [1.807, 2.05) is 30.5 Å². The number of pyridine rings is 1. The van der Waals surface area contributed by atoms with Crippen LogP contribution in [0.1, 0.15) is 31.0 Å². The molecule has 1 nitrogen and oxygen atoms in total. The van der Waals surface area contributed by atoms with Gasteiger partial charge in [-0.05, 0) is 23.1 Å². The summed E-state index contributed by atoms with van der Waals surface area (Å²) in [6, 6.07) is 16.6. The maximum absolute atomic E-state index is 4.52. The van der Waals surface area contributed by atoms with Gasteiger partial charge in [0.25, 0.3) is 0 Å². The van der Waals surface area contributed by atoms with Crippen LogP contribution in [0.5, 0.6) is 0 Å². The lowest BCUT2D eigenvalue weighted by atomic mass is 9.73. The van der Waals surface area contributed by atoms with Crippen LogP contribution in [0.2, 0.25) is 0 Å². The van der Waals surface area contributed by atoms with E-state index in [1.54, 1.807) is 0 Å². The normalized spacial score (nSPS) is 13.0. The molecule has 0 aliphatic rings. The minimum atomic E-state index is -0.0320. The van der Waals surface area contributed by atoms with E-state index in [1.165, 1.54) is 5.56 Å². The Morgan fingerprint density at radius 1 is 1.06 bits per heavy atom. The maximum atomic E-state index is 4.52. The number of aromatic nitrogens is 1. The van der Waals surface area contributed by atoms with Crippen LogP contribution >= 0.6 is 0 Å². The first-order valence-corrected chi connectivity index (χ1v) is 6.24. The summed E-state index contributed by atoms with van der Waals surface area (Å²) in [5.74, 6) is 0.234. The lowest BCUT2D eigenvalue weighted by Gasteiger charge is -2.31. The summed E-state index contributed by atoms with van der Waals surface area (Å²) in [4.78, 5) is 4.52. The van der Waals surface area contributed by atoms with Crippen molar-refractivity contribution in [2.45, 2.75) is 19.8 Å². The summed E-state index contributed by atoms with van der Waals surface area (Å²) in [5.41, 5.74) is 2.34. The van der Waals surface area contributed by atoms with E-state index in [4.69, 9.17) is 0 Å². The third kappa shape index (κ3) is 2.51. The molecule has 0 saturated carbocycles. The molecule has 1 atom stereocenters. The van der Waals surface area contributed by atoms with Gasteiger partial charge in [-0.15, -0.1) is 6.58 Å². The van der Waals surface area contributed by atoms with E-state index in [9.17, 15) is 0 Å². The molecular weight excluding hydrogens is 218 g/mol. The molecule has 2 rings (SSSR count). The summed E-state index contributed by atoms with van der Waals surface area (Å²) in [6.07, 6.45) is 3.86. The van der Waals surface area contributed by atoms with E-state index in [2.05, 4.69) is 55.7 Å². The van der Waals surface area contributed by atoms with Crippen molar-refractivity contribution in [3.63, 3.8) is 0 Å². The third-order valence-corrected chi connectivity index (χ3v) is 3.39. The molecule has 0 saturated heterocycles. The first kappa shape index (κ1) is 12.6. The van der Waals surface area contributed by atoms with Gasteiger partial charge in [-0.1, -0.05) is 56.3 Å². The van der Waals surface area contributed by atoms with Crippen LogP contribution in [0.3, 0.4) is 0 Å². The van der Waals surface area contributed by atoms with Gasteiger partial charge in [-0.3, -0.25) is 4.98 Å². The van der Waals surface area contributed by atoms with Gasteiger partial charge in [0.2, 0.25) is 0 Å². The van der Waals surface area contributed by atoms with Crippen molar-refractivity contribution >= 4 is 0 Å². The topological polar surface area (TPSA) is 12.9 Å². The molecule has 0 fully saturated rings. The van der Waals surface area contributed by atoms with Gasteiger partial charge < -0.3 is 0 Å². The Morgan fingerprint density at radius 2 is 1.72 bits per heavy atom. The summed E-state index contributed by atoms with van der Waals surface area (Å²) in [7, 11) is 0. The van der Waals surface area contributed by atoms with Gasteiger partial charge >= 0.3 is 0 Å². The smallest absolute Gasteiger partial charge is 0.0486 e. The van der Waals surface area contributed by atoms with Crippen molar-refractivity contribution in [1.82, 2.24) is 4.98 Å². The van der Waals surface area contributed by atoms with Gasteiger partial charge in [-0.25, -0.2) is 0 Å². The molecule has 1 aromatic carbocycles. The summed E-state index contributed by atoms with van der Waals surface area (Å²) in [5, 5.41) is 0. The van der Waals surface area contributed by atoms with Crippen molar-refractivity contribution in [1.29, 1.82) is 0 Å². The molecule has 1 heteroatoms. The quantitative estimate of drug-likeness (QED) is 0.717. The molecule has 2 aromatic rings. The third-order valence-electron chi connectivity index (χ3n) is 3.39. The van der Waals surface area contributed by atoms with E-state index >= 15 is 0 Å². The zero-order chi connectivity index (χ0) is 13.0. The Balaban J connectivity index is 2.52. The average Bonchev–Trinajstić information content (AvgIpc) is 2.41. The Bertz CT molecular complexity index is 460. The van der Waals surface area contributed by atoms with Gasteiger partial charge in [0, 0.05) is 17.8 Å². The molecule has 1 unspecified atom stereocenters. The Labute approximate surface area is 109 Å². The van der Waals surface area contributed by atoms with Crippen LogP contribution in [-0.2, 0) is 0 Å². The monoisotopic (exact) mass is 237 g/mol. The molecular formula is C17H19N. The zero-order valence-corrected chi connectivity index (χ0v) is 11.0. The highest BCUT2D eigenvalue weighted by molar-refractivity contribution is 5.32. The second kappa shape index (κ2) is 5.18. The zero-order valence-electron chi connectivity index (χ0n) is 11.0. The summed E-state index contributed by atoms with van der Waals surface area (Å²) >= 11 is 0. The van der Waals surface area contributed by atoms with Gasteiger partial charge in [0.1, 0.15) is 0 Å². The minimum absolute atomic E-state index is 0.0320. The highest BCUT2D eigenvalue weighted by Crippen LogP contribution is 2.40.